The summed E-state index contributed by atoms with van der Waals surface area (Å²) in [5.74, 6) is -2.00. The molecule has 20 heavy (non-hydrogen) atoms. The summed E-state index contributed by atoms with van der Waals surface area (Å²) < 4.78 is 0. The molecule has 112 valence electrons. The lowest BCUT2D eigenvalue weighted by atomic mass is 10.1. The van der Waals surface area contributed by atoms with Crippen molar-refractivity contribution in [3.63, 3.8) is 0 Å². The maximum Gasteiger partial charge on any atom is 0.326 e. The normalized spacial score (nSPS) is 24.0. The van der Waals surface area contributed by atoms with E-state index in [0.717, 1.165) is 25.9 Å². The van der Waals surface area contributed by atoms with Crippen LogP contribution in [0.25, 0.3) is 0 Å². The van der Waals surface area contributed by atoms with Crippen LogP contribution < -0.4 is 11.1 Å². The van der Waals surface area contributed by atoms with E-state index < -0.39 is 30.4 Å². The molecular weight excluding hydrogens is 264 g/mol. The molecule has 0 spiro atoms. The topological polar surface area (TPSA) is 116 Å². The third-order valence-corrected chi connectivity index (χ3v) is 3.88. The first-order valence-electron chi connectivity index (χ1n) is 6.78. The molecule has 0 aromatic carbocycles. The van der Waals surface area contributed by atoms with E-state index in [1.54, 1.807) is 4.90 Å². The Balaban J connectivity index is 1.90. The van der Waals surface area contributed by atoms with Crippen LogP contribution in [0.4, 0.5) is 4.79 Å². The zero-order valence-electron chi connectivity index (χ0n) is 11.2. The van der Waals surface area contributed by atoms with Crippen molar-refractivity contribution < 1.29 is 19.5 Å². The van der Waals surface area contributed by atoms with Gasteiger partial charge in [-0.2, -0.15) is 0 Å². The number of amides is 3. The molecule has 2 aliphatic heterocycles. The van der Waals surface area contributed by atoms with E-state index in [1.165, 1.54) is 0 Å². The monoisotopic (exact) mass is 284 g/mol. The van der Waals surface area contributed by atoms with E-state index in [0.29, 0.717) is 19.1 Å². The van der Waals surface area contributed by atoms with Crippen LogP contribution in [-0.2, 0) is 9.59 Å². The van der Waals surface area contributed by atoms with Crippen molar-refractivity contribution in [1.82, 2.24) is 15.1 Å². The van der Waals surface area contributed by atoms with Crippen LogP contribution in [0.3, 0.4) is 0 Å². The molecule has 0 saturated carbocycles. The number of carbonyl (C=O) groups excluding carboxylic acids is 2. The standard InChI is InChI=1S/C12H20N4O4/c13-10(17)6-9(11(18)19)14-12(20)16-5-4-15-3-1-2-8(15)7-16/h8-9H,1-7H2,(H2,13,17)(H,14,20)(H,18,19)/t8?,9-/m1/s1. The summed E-state index contributed by atoms with van der Waals surface area (Å²) in [5, 5.41) is 11.3. The maximum atomic E-state index is 12.1. The number of carboxylic acid groups (broad SMARTS) is 1. The molecule has 8 heteroatoms. The van der Waals surface area contributed by atoms with E-state index >= 15 is 0 Å². The Morgan fingerprint density at radius 2 is 2.05 bits per heavy atom. The Morgan fingerprint density at radius 3 is 2.70 bits per heavy atom. The quantitative estimate of drug-likeness (QED) is 0.600. The van der Waals surface area contributed by atoms with Crippen molar-refractivity contribution in [2.75, 3.05) is 26.2 Å². The number of piperazine rings is 1. The highest BCUT2D eigenvalue weighted by Gasteiger charge is 2.33. The lowest BCUT2D eigenvalue weighted by Gasteiger charge is -2.37. The molecule has 0 aliphatic carbocycles. The van der Waals surface area contributed by atoms with Crippen molar-refractivity contribution in [2.24, 2.45) is 5.73 Å². The minimum absolute atomic E-state index is 0.369. The molecule has 0 radical (unpaired) electrons. The van der Waals surface area contributed by atoms with Gasteiger partial charge in [-0.15, -0.1) is 0 Å². The van der Waals surface area contributed by atoms with Crippen molar-refractivity contribution in [2.45, 2.75) is 31.3 Å². The van der Waals surface area contributed by atoms with Gasteiger partial charge in [0, 0.05) is 25.7 Å². The molecule has 0 aromatic rings. The molecular formula is C12H20N4O4. The Hall–Kier alpha value is -1.83. The second-order valence-electron chi connectivity index (χ2n) is 5.29. The summed E-state index contributed by atoms with van der Waals surface area (Å²) in [4.78, 5) is 37.8. The van der Waals surface area contributed by atoms with E-state index in [4.69, 9.17) is 10.8 Å². The zero-order valence-corrected chi connectivity index (χ0v) is 11.2. The SMILES string of the molecule is NC(=O)C[C@@H](NC(=O)N1CCN2CCCC2C1)C(=O)O. The molecule has 2 rings (SSSR count). The van der Waals surface area contributed by atoms with Gasteiger partial charge in [-0.25, -0.2) is 9.59 Å². The van der Waals surface area contributed by atoms with Crippen molar-refractivity contribution in [3.8, 4) is 0 Å². The number of urea groups is 1. The van der Waals surface area contributed by atoms with Crippen LogP contribution in [0.15, 0.2) is 0 Å². The number of nitrogens with zero attached hydrogens (tertiary/aromatic N) is 2. The van der Waals surface area contributed by atoms with Crippen molar-refractivity contribution in [1.29, 1.82) is 0 Å². The van der Waals surface area contributed by atoms with Gasteiger partial charge in [0.25, 0.3) is 0 Å². The molecule has 0 aromatic heterocycles. The van der Waals surface area contributed by atoms with Crippen LogP contribution in [0, 0.1) is 0 Å². The molecule has 2 saturated heterocycles. The first-order valence-corrected chi connectivity index (χ1v) is 6.78. The van der Waals surface area contributed by atoms with Gasteiger partial charge >= 0.3 is 12.0 Å². The van der Waals surface area contributed by atoms with Crippen molar-refractivity contribution >= 4 is 17.9 Å². The third kappa shape index (κ3) is 3.38. The van der Waals surface area contributed by atoms with Gasteiger partial charge in [-0.1, -0.05) is 0 Å². The maximum absolute atomic E-state index is 12.1. The first-order chi connectivity index (χ1) is 9.47. The zero-order chi connectivity index (χ0) is 14.7. The van der Waals surface area contributed by atoms with E-state index in [2.05, 4.69) is 10.2 Å². The smallest absolute Gasteiger partial charge is 0.326 e. The minimum Gasteiger partial charge on any atom is -0.480 e. The molecule has 0 bridgehead atoms. The van der Waals surface area contributed by atoms with E-state index in [9.17, 15) is 14.4 Å². The van der Waals surface area contributed by atoms with Gasteiger partial charge in [-0.05, 0) is 19.4 Å². The van der Waals surface area contributed by atoms with Gasteiger partial charge in [0.2, 0.25) is 5.91 Å². The van der Waals surface area contributed by atoms with E-state index in [-0.39, 0.29) is 0 Å². The van der Waals surface area contributed by atoms with Gasteiger partial charge < -0.3 is 21.1 Å². The lowest BCUT2D eigenvalue weighted by molar-refractivity contribution is -0.141. The molecule has 2 aliphatic rings. The molecule has 4 N–H and O–H groups in total. The summed E-state index contributed by atoms with van der Waals surface area (Å²) in [6.45, 7) is 3.06. The van der Waals surface area contributed by atoms with Crippen molar-refractivity contribution in [3.05, 3.63) is 0 Å². The summed E-state index contributed by atoms with van der Waals surface area (Å²) in [6.07, 6.45) is 1.80. The predicted octanol–water partition coefficient (Wildman–Crippen LogP) is -1.20. The van der Waals surface area contributed by atoms with Crippen LogP contribution in [0.2, 0.25) is 0 Å². The van der Waals surface area contributed by atoms with Gasteiger partial charge in [-0.3, -0.25) is 9.69 Å². The van der Waals surface area contributed by atoms with Gasteiger partial charge in [0.1, 0.15) is 6.04 Å². The molecule has 1 unspecified atom stereocenters. The Bertz CT molecular complexity index is 414. The second-order valence-corrected chi connectivity index (χ2v) is 5.29. The molecule has 8 nitrogen and oxygen atoms in total. The second kappa shape index (κ2) is 6.08. The number of rotatable bonds is 4. The lowest BCUT2D eigenvalue weighted by Crippen LogP contribution is -2.57. The van der Waals surface area contributed by atoms with Crippen LogP contribution >= 0.6 is 0 Å². The summed E-state index contributed by atoms with van der Waals surface area (Å²) in [7, 11) is 0. The first kappa shape index (κ1) is 14.6. The number of hydrogen-bond acceptors (Lipinski definition) is 4. The fraction of sp³-hybridized carbons (Fsp3) is 0.750. The van der Waals surface area contributed by atoms with Gasteiger partial charge in [0.05, 0.1) is 6.42 Å². The van der Waals surface area contributed by atoms with Crippen LogP contribution in [0.5, 0.6) is 0 Å². The fourth-order valence-corrected chi connectivity index (χ4v) is 2.82. The molecule has 2 fully saturated rings. The van der Waals surface area contributed by atoms with Crippen LogP contribution in [-0.4, -0.2) is 71.1 Å². The van der Waals surface area contributed by atoms with Crippen LogP contribution in [0.1, 0.15) is 19.3 Å². The molecule has 3 amide bonds. The number of hydrogen-bond donors (Lipinski definition) is 3. The Morgan fingerprint density at radius 1 is 1.30 bits per heavy atom. The number of nitrogens with two attached hydrogens (primary N) is 1. The Kier molecular flexibility index (Phi) is 4.43. The number of fused-ring (bicyclic) bond motifs is 1. The Labute approximate surface area is 116 Å². The summed E-state index contributed by atoms with van der Waals surface area (Å²) in [6, 6.07) is -1.33. The highest BCUT2D eigenvalue weighted by atomic mass is 16.4. The fourth-order valence-electron chi connectivity index (χ4n) is 2.82. The number of aliphatic carboxylic acids is 1. The number of nitrogens with one attached hydrogen (secondary N) is 1. The summed E-state index contributed by atoms with van der Waals surface area (Å²) >= 11 is 0. The average molecular weight is 284 g/mol. The number of carboxylic acids is 1. The third-order valence-electron chi connectivity index (χ3n) is 3.88. The number of primary amides is 1. The molecule has 2 heterocycles. The van der Waals surface area contributed by atoms with E-state index in [1.807, 2.05) is 0 Å². The highest BCUT2D eigenvalue weighted by Crippen LogP contribution is 2.21. The average Bonchev–Trinajstić information content (AvgIpc) is 2.84. The summed E-state index contributed by atoms with van der Waals surface area (Å²) in [5.41, 5.74) is 4.98. The van der Waals surface area contributed by atoms with Gasteiger partial charge in [0.15, 0.2) is 0 Å². The largest absolute Gasteiger partial charge is 0.480 e. The minimum atomic E-state index is -1.26. The number of carbonyl (C=O) groups is 3. The molecule has 2 atom stereocenters. The predicted molar refractivity (Wildman–Crippen MR) is 69.9 cm³/mol. The highest BCUT2D eigenvalue weighted by molar-refractivity contribution is 5.87.